The highest BCUT2D eigenvalue weighted by molar-refractivity contribution is 6.31. The fourth-order valence-corrected chi connectivity index (χ4v) is 2.26. The first-order chi connectivity index (χ1) is 11.2. The first-order valence-electron chi connectivity index (χ1n) is 7.10. The number of rotatable bonds is 3. The number of nitrogens with one attached hydrogen (secondary N) is 1. The number of halogens is 4. The molecule has 0 heterocycles. The fraction of sp³-hybridized carbons (Fsp3) is 0.167. The van der Waals surface area contributed by atoms with Gasteiger partial charge in [0.2, 0.25) is 5.91 Å². The summed E-state index contributed by atoms with van der Waals surface area (Å²) >= 11 is 5.56. The van der Waals surface area contributed by atoms with Gasteiger partial charge in [-0.05, 0) is 60.9 Å². The highest BCUT2D eigenvalue weighted by Crippen LogP contribution is 2.35. The lowest BCUT2D eigenvalue weighted by Gasteiger charge is -2.09. The van der Waals surface area contributed by atoms with E-state index in [1.807, 2.05) is 26.0 Å². The van der Waals surface area contributed by atoms with Gasteiger partial charge < -0.3 is 5.32 Å². The van der Waals surface area contributed by atoms with Gasteiger partial charge in [0, 0.05) is 11.8 Å². The number of carbonyl (C=O) groups is 1. The van der Waals surface area contributed by atoms with Crippen molar-refractivity contribution in [2.45, 2.75) is 20.0 Å². The summed E-state index contributed by atoms with van der Waals surface area (Å²) in [5, 5.41) is 2.29. The molecule has 0 saturated heterocycles. The Balaban J connectivity index is 2.12. The molecule has 0 aliphatic rings. The van der Waals surface area contributed by atoms with Crippen molar-refractivity contribution in [3.63, 3.8) is 0 Å². The van der Waals surface area contributed by atoms with Gasteiger partial charge in [0.15, 0.2) is 0 Å². The van der Waals surface area contributed by atoms with E-state index in [9.17, 15) is 18.0 Å². The molecule has 6 heteroatoms. The molecule has 126 valence electrons. The van der Waals surface area contributed by atoms with E-state index in [0.717, 1.165) is 23.3 Å². The van der Waals surface area contributed by atoms with Crippen LogP contribution in [0.5, 0.6) is 0 Å². The highest BCUT2D eigenvalue weighted by Gasteiger charge is 2.33. The first kappa shape index (κ1) is 18.1. The van der Waals surface area contributed by atoms with Crippen molar-refractivity contribution in [2.75, 3.05) is 5.32 Å². The van der Waals surface area contributed by atoms with Gasteiger partial charge in [-0.3, -0.25) is 4.79 Å². The van der Waals surface area contributed by atoms with Crippen LogP contribution in [0.15, 0.2) is 42.5 Å². The minimum absolute atomic E-state index is 0.238. The predicted octanol–water partition coefficient (Wildman–Crippen LogP) is 5.63. The van der Waals surface area contributed by atoms with E-state index in [-0.39, 0.29) is 10.6 Å². The van der Waals surface area contributed by atoms with E-state index in [1.54, 1.807) is 6.07 Å². The molecule has 2 rings (SSSR count). The molecule has 0 radical (unpaired) electrons. The maximum atomic E-state index is 12.8. The Labute approximate surface area is 142 Å². The normalized spacial score (nSPS) is 11.8. The van der Waals surface area contributed by atoms with Crippen LogP contribution in [0.4, 0.5) is 18.9 Å². The molecule has 0 spiro atoms. The predicted molar refractivity (Wildman–Crippen MR) is 90.0 cm³/mol. The summed E-state index contributed by atoms with van der Waals surface area (Å²) < 4.78 is 38.4. The molecule has 2 nitrogen and oxygen atoms in total. The molecule has 0 atom stereocenters. The molecule has 0 unspecified atom stereocenters. The smallest absolute Gasteiger partial charge is 0.323 e. The average Bonchev–Trinajstić information content (AvgIpc) is 2.49. The second kappa shape index (κ2) is 7.09. The number of benzene rings is 2. The van der Waals surface area contributed by atoms with E-state index in [0.29, 0.717) is 5.69 Å². The zero-order valence-corrected chi connectivity index (χ0v) is 13.8. The van der Waals surface area contributed by atoms with Crippen molar-refractivity contribution in [3.8, 4) is 0 Å². The number of anilines is 1. The molecule has 0 aliphatic carbocycles. The third-order valence-corrected chi connectivity index (χ3v) is 3.83. The van der Waals surface area contributed by atoms with E-state index in [2.05, 4.69) is 5.32 Å². The van der Waals surface area contributed by atoms with E-state index in [4.69, 9.17) is 11.6 Å². The van der Waals surface area contributed by atoms with Crippen LogP contribution >= 0.6 is 11.6 Å². The van der Waals surface area contributed by atoms with Crippen LogP contribution in [0.1, 0.15) is 22.3 Å². The molecular formula is C18H15ClF3NO. The van der Waals surface area contributed by atoms with Gasteiger partial charge in [0.05, 0.1) is 10.6 Å². The van der Waals surface area contributed by atoms with E-state index < -0.39 is 17.6 Å². The maximum absolute atomic E-state index is 12.8. The van der Waals surface area contributed by atoms with Crippen LogP contribution in [0.3, 0.4) is 0 Å². The van der Waals surface area contributed by atoms with Crippen LogP contribution in [0.25, 0.3) is 6.08 Å². The van der Waals surface area contributed by atoms with Crippen LogP contribution in [-0.4, -0.2) is 5.91 Å². The zero-order chi connectivity index (χ0) is 17.9. The summed E-state index contributed by atoms with van der Waals surface area (Å²) in [7, 11) is 0. The Morgan fingerprint density at radius 2 is 1.79 bits per heavy atom. The summed E-state index contributed by atoms with van der Waals surface area (Å²) in [6.07, 6.45) is -2.05. The minimum atomic E-state index is -4.54. The SMILES string of the molecule is Cc1ccc(NC(=O)/C=C/c2ccc(Cl)c(C(F)(F)F)c2)cc1C. The molecule has 2 aromatic rings. The topological polar surface area (TPSA) is 29.1 Å². The van der Waals surface area contributed by atoms with Crippen molar-refractivity contribution in [1.29, 1.82) is 0 Å². The monoisotopic (exact) mass is 353 g/mol. The largest absolute Gasteiger partial charge is 0.417 e. The highest BCUT2D eigenvalue weighted by atomic mass is 35.5. The van der Waals surface area contributed by atoms with Gasteiger partial charge in [0.1, 0.15) is 0 Å². The molecule has 1 N–H and O–H groups in total. The first-order valence-corrected chi connectivity index (χ1v) is 7.47. The number of hydrogen-bond donors (Lipinski definition) is 1. The van der Waals surface area contributed by atoms with Crippen molar-refractivity contribution >= 4 is 29.3 Å². The quantitative estimate of drug-likeness (QED) is 0.712. The summed E-state index contributed by atoms with van der Waals surface area (Å²) in [6.45, 7) is 3.88. The standard InChI is InChI=1S/C18H15ClF3NO/c1-11-3-6-14(9-12(11)2)23-17(24)8-5-13-4-7-16(19)15(10-13)18(20,21)22/h3-10H,1-2H3,(H,23,24)/b8-5+. The van der Waals surface area contributed by atoms with E-state index >= 15 is 0 Å². The average molecular weight is 354 g/mol. The Kier molecular flexibility index (Phi) is 5.34. The Morgan fingerprint density at radius 1 is 1.08 bits per heavy atom. The lowest BCUT2D eigenvalue weighted by Crippen LogP contribution is -2.08. The van der Waals surface area contributed by atoms with Gasteiger partial charge in [0.25, 0.3) is 0 Å². The Morgan fingerprint density at radius 3 is 2.42 bits per heavy atom. The Hall–Kier alpha value is -2.27. The molecule has 0 saturated carbocycles. The van der Waals surface area contributed by atoms with Crippen LogP contribution < -0.4 is 5.32 Å². The second-order valence-electron chi connectivity index (χ2n) is 5.36. The third kappa shape index (κ3) is 4.61. The second-order valence-corrected chi connectivity index (χ2v) is 5.77. The fourth-order valence-electron chi connectivity index (χ4n) is 2.04. The lowest BCUT2D eigenvalue weighted by molar-refractivity contribution is -0.137. The molecule has 1 amide bonds. The van der Waals surface area contributed by atoms with E-state index in [1.165, 1.54) is 18.2 Å². The number of aryl methyl sites for hydroxylation is 2. The summed E-state index contributed by atoms with van der Waals surface area (Å²) in [5.41, 5.74) is 2.07. The molecule has 0 bridgehead atoms. The van der Waals surface area contributed by atoms with Crippen molar-refractivity contribution in [1.82, 2.24) is 0 Å². The van der Waals surface area contributed by atoms with Gasteiger partial charge in [-0.2, -0.15) is 13.2 Å². The number of amides is 1. The molecule has 2 aromatic carbocycles. The van der Waals surface area contributed by atoms with Gasteiger partial charge in [-0.25, -0.2) is 0 Å². The Bertz CT molecular complexity index is 797. The number of carbonyl (C=O) groups excluding carboxylic acids is 1. The maximum Gasteiger partial charge on any atom is 0.417 e. The molecular weight excluding hydrogens is 339 g/mol. The van der Waals surface area contributed by atoms with Crippen LogP contribution in [0, 0.1) is 13.8 Å². The summed E-state index contributed by atoms with van der Waals surface area (Å²) in [5.74, 6) is -0.429. The number of hydrogen-bond acceptors (Lipinski definition) is 1. The number of alkyl halides is 3. The van der Waals surface area contributed by atoms with Crippen LogP contribution in [0.2, 0.25) is 5.02 Å². The van der Waals surface area contributed by atoms with Gasteiger partial charge in [-0.1, -0.05) is 23.7 Å². The van der Waals surface area contributed by atoms with Crippen molar-refractivity contribution < 1.29 is 18.0 Å². The molecule has 0 fully saturated rings. The van der Waals surface area contributed by atoms with Gasteiger partial charge >= 0.3 is 6.18 Å². The molecule has 0 aromatic heterocycles. The third-order valence-electron chi connectivity index (χ3n) is 3.50. The van der Waals surface area contributed by atoms with Crippen LogP contribution in [-0.2, 0) is 11.0 Å². The minimum Gasteiger partial charge on any atom is -0.323 e. The van der Waals surface area contributed by atoms with Gasteiger partial charge in [-0.15, -0.1) is 0 Å². The molecule has 24 heavy (non-hydrogen) atoms. The lowest BCUT2D eigenvalue weighted by atomic mass is 10.1. The summed E-state index contributed by atoms with van der Waals surface area (Å²) in [6, 6.07) is 8.94. The zero-order valence-electron chi connectivity index (χ0n) is 13.0. The van der Waals surface area contributed by atoms with Crippen molar-refractivity contribution in [2.24, 2.45) is 0 Å². The van der Waals surface area contributed by atoms with Crippen molar-refractivity contribution in [3.05, 3.63) is 69.8 Å². The molecule has 0 aliphatic heterocycles. The summed E-state index contributed by atoms with van der Waals surface area (Å²) in [4.78, 5) is 11.9.